The van der Waals surface area contributed by atoms with Crippen LogP contribution < -0.4 is 24.8 Å². The van der Waals surface area contributed by atoms with Crippen LogP contribution in [0.5, 0.6) is 17.2 Å². The first-order valence-electron chi connectivity index (χ1n) is 10.1. The summed E-state index contributed by atoms with van der Waals surface area (Å²) in [7, 11) is 4.67. The number of hydrogen-bond donors (Lipinski definition) is 2. The Kier molecular flexibility index (Phi) is 6.87. The summed E-state index contributed by atoms with van der Waals surface area (Å²) in [6, 6.07) is 11.8. The van der Waals surface area contributed by atoms with Crippen LogP contribution in [0.25, 0.3) is 0 Å². The number of urea groups is 1. The van der Waals surface area contributed by atoms with Gasteiger partial charge in [-0.3, -0.25) is 14.5 Å². The van der Waals surface area contributed by atoms with E-state index in [2.05, 4.69) is 10.6 Å². The highest BCUT2D eigenvalue weighted by molar-refractivity contribution is 6.09. The van der Waals surface area contributed by atoms with Crippen molar-refractivity contribution in [2.24, 2.45) is 0 Å². The normalized spacial score (nSPS) is 17.7. The summed E-state index contributed by atoms with van der Waals surface area (Å²) < 4.78 is 15.6. The maximum absolute atomic E-state index is 13.0. The van der Waals surface area contributed by atoms with Gasteiger partial charge in [0.05, 0.1) is 21.3 Å². The van der Waals surface area contributed by atoms with Crippen LogP contribution in [0.4, 0.5) is 4.79 Å². The van der Waals surface area contributed by atoms with Gasteiger partial charge in [-0.2, -0.15) is 0 Å². The average Bonchev–Trinajstić information content (AvgIpc) is 3.02. The van der Waals surface area contributed by atoms with Crippen molar-refractivity contribution in [1.82, 2.24) is 15.5 Å². The molecule has 2 aromatic rings. The predicted molar refractivity (Wildman–Crippen MR) is 117 cm³/mol. The molecule has 9 heteroatoms. The SMILES string of the molecule is COc1ccc([C@]2(C)NC(=O)N(CC(=O)NCCc3ccc(OC)c(OC)c3)C2=O)cc1. The van der Waals surface area contributed by atoms with E-state index >= 15 is 0 Å². The second kappa shape index (κ2) is 9.59. The van der Waals surface area contributed by atoms with E-state index in [1.165, 1.54) is 0 Å². The van der Waals surface area contributed by atoms with E-state index in [-0.39, 0.29) is 6.54 Å². The van der Waals surface area contributed by atoms with E-state index in [1.54, 1.807) is 58.6 Å². The zero-order chi connectivity index (χ0) is 23.3. The Hall–Kier alpha value is -3.75. The lowest BCUT2D eigenvalue weighted by Crippen LogP contribution is -2.43. The minimum absolute atomic E-state index is 0.341. The standard InChI is InChI=1S/C23H27N3O6/c1-23(16-6-8-17(30-2)9-7-16)21(28)26(22(29)25-23)14-20(27)24-12-11-15-5-10-18(31-3)19(13-15)32-4/h5-10,13H,11-12,14H2,1-4H3,(H,24,27)(H,25,29)/t23-/m0/s1. The van der Waals surface area contributed by atoms with Crippen LogP contribution in [-0.4, -0.2) is 57.2 Å². The van der Waals surface area contributed by atoms with Gasteiger partial charge in [0.15, 0.2) is 11.5 Å². The second-order valence-electron chi connectivity index (χ2n) is 7.46. The number of nitrogens with one attached hydrogen (secondary N) is 2. The quantitative estimate of drug-likeness (QED) is 0.575. The number of carbonyl (C=O) groups excluding carboxylic acids is 3. The Labute approximate surface area is 186 Å². The Bertz CT molecular complexity index is 1010. The van der Waals surface area contributed by atoms with Crippen LogP contribution in [0.3, 0.4) is 0 Å². The molecule has 4 amide bonds. The molecule has 2 aromatic carbocycles. The van der Waals surface area contributed by atoms with Gasteiger partial charge in [-0.15, -0.1) is 0 Å². The molecule has 2 N–H and O–H groups in total. The van der Waals surface area contributed by atoms with Crippen LogP contribution in [-0.2, 0) is 21.5 Å². The molecular weight excluding hydrogens is 414 g/mol. The first-order valence-corrected chi connectivity index (χ1v) is 10.1. The predicted octanol–water partition coefficient (Wildman–Crippen LogP) is 1.84. The van der Waals surface area contributed by atoms with Gasteiger partial charge in [0, 0.05) is 6.54 Å². The number of hydrogen-bond acceptors (Lipinski definition) is 6. The molecule has 1 heterocycles. The van der Waals surface area contributed by atoms with Crippen molar-refractivity contribution in [2.45, 2.75) is 18.9 Å². The molecular formula is C23H27N3O6. The van der Waals surface area contributed by atoms with E-state index in [1.807, 2.05) is 12.1 Å². The highest BCUT2D eigenvalue weighted by Gasteiger charge is 2.49. The smallest absolute Gasteiger partial charge is 0.325 e. The molecule has 32 heavy (non-hydrogen) atoms. The molecule has 1 fully saturated rings. The monoisotopic (exact) mass is 441 g/mol. The summed E-state index contributed by atoms with van der Waals surface area (Å²) in [4.78, 5) is 38.7. The van der Waals surface area contributed by atoms with Gasteiger partial charge in [0.2, 0.25) is 5.91 Å². The molecule has 0 saturated carbocycles. The molecule has 0 aliphatic carbocycles. The Balaban J connectivity index is 1.58. The van der Waals surface area contributed by atoms with Crippen LogP contribution in [0.2, 0.25) is 0 Å². The Morgan fingerprint density at radius 1 is 1.00 bits per heavy atom. The zero-order valence-electron chi connectivity index (χ0n) is 18.6. The van der Waals surface area contributed by atoms with Crippen molar-refractivity contribution >= 4 is 17.8 Å². The van der Waals surface area contributed by atoms with Crippen LogP contribution >= 0.6 is 0 Å². The summed E-state index contributed by atoms with van der Waals surface area (Å²) in [6.07, 6.45) is 0.551. The van der Waals surface area contributed by atoms with E-state index < -0.39 is 23.4 Å². The summed E-state index contributed by atoms with van der Waals surface area (Å²) in [5, 5.41) is 5.43. The lowest BCUT2D eigenvalue weighted by Gasteiger charge is -2.22. The van der Waals surface area contributed by atoms with Gasteiger partial charge in [-0.25, -0.2) is 4.79 Å². The summed E-state index contributed by atoms with van der Waals surface area (Å²) >= 11 is 0. The minimum Gasteiger partial charge on any atom is -0.497 e. The number of rotatable bonds is 9. The molecule has 1 aliphatic rings. The van der Waals surface area contributed by atoms with Crippen molar-refractivity contribution in [3.05, 3.63) is 53.6 Å². The van der Waals surface area contributed by atoms with E-state index in [0.717, 1.165) is 10.5 Å². The molecule has 0 bridgehead atoms. The van der Waals surface area contributed by atoms with Crippen molar-refractivity contribution in [1.29, 1.82) is 0 Å². The van der Waals surface area contributed by atoms with Gasteiger partial charge in [-0.05, 0) is 48.7 Å². The molecule has 0 radical (unpaired) electrons. The number of benzene rings is 2. The number of ether oxygens (including phenoxy) is 3. The topological polar surface area (TPSA) is 106 Å². The molecule has 0 aromatic heterocycles. The second-order valence-corrected chi connectivity index (χ2v) is 7.46. The highest BCUT2D eigenvalue weighted by atomic mass is 16.5. The number of amides is 4. The lowest BCUT2D eigenvalue weighted by atomic mass is 9.92. The number of carbonyl (C=O) groups is 3. The fourth-order valence-corrected chi connectivity index (χ4v) is 3.54. The average molecular weight is 441 g/mol. The number of imide groups is 1. The number of nitrogens with zero attached hydrogens (tertiary/aromatic N) is 1. The van der Waals surface area contributed by atoms with Gasteiger partial charge in [-0.1, -0.05) is 18.2 Å². The molecule has 0 unspecified atom stereocenters. The third kappa shape index (κ3) is 4.61. The highest BCUT2D eigenvalue weighted by Crippen LogP contribution is 2.30. The molecule has 1 atom stereocenters. The lowest BCUT2D eigenvalue weighted by molar-refractivity contribution is -0.134. The van der Waals surface area contributed by atoms with Crippen molar-refractivity contribution in [3.63, 3.8) is 0 Å². The van der Waals surface area contributed by atoms with E-state index in [4.69, 9.17) is 14.2 Å². The van der Waals surface area contributed by atoms with Crippen molar-refractivity contribution < 1.29 is 28.6 Å². The summed E-state index contributed by atoms with van der Waals surface area (Å²) in [5.74, 6) is 0.961. The molecule has 0 spiro atoms. The first kappa shape index (κ1) is 22.9. The van der Waals surface area contributed by atoms with Gasteiger partial charge >= 0.3 is 6.03 Å². The molecule has 9 nitrogen and oxygen atoms in total. The van der Waals surface area contributed by atoms with Gasteiger partial charge in [0.25, 0.3) is 5.91 Å². The van der Waals surface area contributed by atoms with Crippen LogP contribution in [0.15, 0.2) is 42.5 Å². The largest absolute Gasteiger partial charge is 0.497 e. The van der Waals surface area contributed by atoms with E-state index in [0.29, 0.717) is 35.8 Å². The minimum atomic E-state index is -1.25. The molecule has 1 aliphatic heterocycles. The van der Waals surface area contributed by atoms with Crippen molar-refractivity contribution in [2.75, 3.05) is 34.4 Å². The van der Waals surface area contributed by atoms with E-state index in [9.17, 15) is 14.4 Å². The van der Waals surface area contributed by atoms with Crippen molar-refractivity contribution in [3.8, 4) is 17.2 Å². The zero-order valence-corrected chi connectivity index (χ0v) is 18.6. The fourth-order valence-electron chi connectivity index (χ4n) is 3.54. The maximum Gasteiger partial charge on any atom is 0.325 e. The Morgan fingerprint density at radius 3 is 2.31 bits per heavy atom. The fraction of sp³-hybridized carbons (Fsp3) is 0.348. The summed E-state index contributed by atoms with van der Waals surface area (Å²) in [5.41, 5.74) is 0.307. The third-order valence-electron chi connectivity index (χ3n) is 5.43. The molecule has 170 valence electrons. The third-order valence-corrected chi connectivity index (χ3v) is 5.43. The molecule has 1 saturated heterocycles. The van der Waals surface area contributed by atoms with Gasteiger partial charge in [0.1, 0.15) is 17.8 Å². The van der Waals surface area contributed by atoms with Gasteiger partial charge < -0.3 is 24.8 Å². The number of methoxy groups -OCH3 is 3. The first-order chi connectivity index (χ1) is 15.3. The molecule has 3 rings (SSSR count). The van der Waals surface area contributed by atoms with Crippen LogP contribution in [0.1, 0.15) is 18.1 Å². The Morgan fingerprint density at radius 2 is 1.69 bits per heavy atom. The summed E-state index contributed by atoms with van der Waals surface area (Å²) in [6.45, 7) is 1.60. The maximum atomic E-state index is 13.0. The van der Waals surface area contributed by atoms with Crippen LogP contribution in [0, 0.1) is 0 Å².